The molecular weight excluding hydrogens is 250 g/mol. The predicted octanol–water partition coefficient (Wildman–Crippen LogP) is 3.34. The van der Waals surface area contributed by atoms with Crippen LogP contribution in [-0.2, 0) is 0 Å². The van der Waals surface area contributed by atoms with E-state index in [0.717, 1.165) is 31.2 Å². The molecule has 20 heavy (non-hydrogen) atoms. The minimum absolute atomic E-state index is 0.222. The van der Waals surface area contributed by atoms with Crippen LogP contribution in [0.5, 0.6) is 0 Å². The van der Waals surface area contributed by atoms with Gasteiger partial charge in [-0.05, 0) is 44.1 Å². The van der Waals surface area contributed by atoms with Crippen molar-refractivity contribution in [2.45, 2.75) is 72.3 Å². The summed E-state index contributed by atoms with van der Waals surface area (Å²) in [6, 6.07) is 0.677. The molecular formula is C16H33N3O. The van der Waals surface area contributed by atoms with Gasteiger partial charge in [-0.3, -0.25) is 0 Å². The largest absolute Gasteiger partial charge is 0.409 e. The first-order chi connectivity index (χ1) is 9.38. The van der Waals surface area contributed by atoms with Crippen molar-refractivity contribution in [3.05, 3.63) is 0 Å². The molecule has 2 unspecified atom stereocenters. The van der Waals surface area contributed by atoms with E-state index < -0.39 is 0 Å². The topological polar surface area (TPSA) is 70.6 Å². The first-order valence-corrected chi connectivity index (χ1v) is 8.10. The Hall–Kier alpha value is -0.770. The lowest BCUT2D eigenvalue weighted by Crippen LogP contribution is -2.41. The Balaban J connectivity index is 2.33. The molecule has 4 heteroatoms. The summed E-state index contributed by atoms with van der Waals surface area (Å²) in [5.74, 6) is 1.91. The van der Waals surface area contributed by atoms with Crippen LogP contribution in [0.25, 0.3) is 0 Å². The maximum atomic E-state index is 8.77. The van der Waals surface area contributed by atoms with E-state index in [9.17, 15) is 0 Å². The lowest BCUT2D eigenvalue weighted by atomic mass is 9.77. The molecule has 0 heterocycles. The highest BCUT2D eigenvalue weighted by molar-refractivity contribution is 5.85. The van der Waals surface area contributed by atoms with Crippen LogP contribution < -0.4 is 11.1 Å². The second-order valence-corrected chi connectivity index (χ2v) is 7.23. The van der Waals surface area contributed by atoms with E-state index in [1.807, 2.05) is 13.8 Å². The molecule has 1 aliphatic rings. The van der Waals surface area contributed by atoms with E-state index >= 15 is 0 Å². The van der Waals surface area contributed by atoms with Gasteiger partial charge in [0.05, 0.1) is 0 Å². The lowest BCUT2D eigenvalue weighted by Gasteiger charge is -2.35. The van der Waals surface area contributed by atoms with Crippen LogP contribution in [0.15, 0.2) is 5.16 Å². The molecule has 0 aromatic rings. The number of nitrogens with two attached hydrogens (primary N) is 1. The second-order valence-electron chi connectivity index (χ2n) is 7.23. The van der Waals surface area contributed by atoms with Crippen LogP contribution in [0.3, 0.4) is 0 Å². The molecule has 0 aliphatic heterocycles. The van der Waals surface area contributed by atoms with Gasteiger partial charge in [-0.2, -0.15) is 0 Å². The number of amidine groups is 1. The zero-order valence-corrected chi connectivity index (χ0v) is 13.7. The Morgan fingerprint density at radius 1 is 1.35 bits per heavy atom. The van der Waals surface area contributed by atoms with Crippen LogP contribution in [0.1, 0.15) is 66.2 Å². The van der Waals surface area contributed by atoms with Crippen molar-refractivity contribution in [3.8, 4) is 0 Å². The van der Waals surface area contributed by atoms with E-state index in [2.05, 4.69) is 24.3 Å². The summed E-state index contributed by atoms with van der Waals surface area (Å²) >= 11 is 0. The molecule has 0 aromatic carbocycles. The van der Waals surface area contributed by atoms with Crippen molar-refractivity contribution < 1.29 is 5.21 Å². The molecule has 4 nitrogen and oxygen atoms in total. The standard InChI is InChI=1S/C16H33N3O/c1-12(2)13-8-5-6-9-14(13)18-11-7-10-16(3,4)15(17)19-20/h12-14,18,20H,5-11H2,1-4H3,(H2,17,19). The molecule has 0 bridgehead atoms. The molecule has 0 spiro atoms. The Labute approximate surface area is 124 Å². The van der Waals surface area contributed by atoms with Crippen molar-refractivity contribution in [2.75, 3.05) is 6.54 Å². The third-order valence-corrected chi connectivity index (χ3v) is 4.86. The average molecular weight is 283 g/mol. The second kappa shape index (κ2) is 7.87. The fourth-order valence-corrected chi connectivity index (χ4v) is 3.29. The van der Waals surface area contributed by atoms with Gasteiger partial charge in [0.2, 0.25) is 0 Å². The van der Waals surface area contributed by atoms with Gasteiger partial charge in [0.15, 0.2) is 0 Å². The van der Waals surface area contributed by atoms with Crippen molar-refractivity contribution in [1.82, 2.24) is 5.32 Å². The van der Waals surface area contributed by atoms with Crippen LogP contribution in [0.2, 0.25) is 0 Å². The van der Waals surface area contributed by atoms with Crippen LogP contribution in [0.4, 0.5) is 0 Å². The highest BCUT2D eigenvalue weighted by Crippen LogP contribution is 2.30. The smallest absolute Gasteiger partial charge is 0.144 e. The van der Waals surface area contributed by atoms with Crippen molar-refractivity contribution in [3.63, 3.8) is 0 Å². The van der Waals surface area contributed by atoms with E-state index in [1.165, 1.54) is 25.7 Å². The Morgan fingerprint density at radius 3 is 2.60 bits per heavy atom. The van der Waals surface area contributed by atoms with Gasteiger partial charge in [-0.1, -0.05) is 45.7 Å². The predicted molar refractivity (Wildman–Crippen MR) is 85.0 cm³/mol. The van der Waals surface area contributed by atoms with Crippen LogP contribution >= 0.6 is 0 Å². The van der Waals surface area contributed by atoms with Crippen molar-refractivity contribution in [2.24, 2.45) is 28.1 Å². The summed E-state index contributed by atoms with van der Waals surface area (Å²) in [6.07, 6.45) is 7.42. The molecule has 0 radical (unpaired) electrons. The number of nitrogens with zero attached hydrogens (tertiary/aromatic N) is 1. The maximum Gasteiger partial charge on any atom is 0.144 e. The Morgan fingerprint density at radius 2 is 2.00 bits per heavy atom. The van der Waals surface area contributed by atoms with Gasteiger partial charge in [-0.25, -0.2) is 0 Å². The third-order valence-electron chi connectivity index (χ3n) is 4.86. The SMILES string of the molecule is CC(C)C1CCCCC1NCCCC(C)(C)C(N)=NO. The Kier molecular flexibility index (Phi) is 6.80. The lowest BCUT2D eigenvalue weighted by molar-refractivity contribution is 0.204. The van der Waals surface area contributed by atoms with E-state index in [-0.39, 0.29) is 5.41 Å². The zero-order chi connectivity index (χ0) is 15.2. The van der Waals surface area contributed by atoms with Crippen molar-refractivity contribution >= 4 is 5.84 Å². The van der Waals surface area contributed by atoms with Crippen molar-refractivity contribution in [1.29, 1.82) is 0 Å². The third kappa shape index (κ3) is 4.97. The van der Waals surface area contributed by atoms with Gasteiger partial charge >= 0.3 is 0 Å². The Bertz CT molecular complexity index is 313. The monoisotopic (exact) mass is 283 g/mol. The molecule has 0 aromatic heterocycles. The van der Waals surface area contributed by atoms with E-state index in [1.54, 1.807) is 0 Å². The van der Waals surface area contributed by atoms with Crippen LogP contribution in [-0.4, -0.2) is 23.6 Å². The summed E-state index contributed by atoms with van der Waals surface area (Å²) in [4.78, 5) is 0. The summed E-state index contributed by atoms with van der Waals surface area (Å²) < 4.78 is 0. The normalized spacial score (nSPS) is 25.1. The van der Waals surface area contributed by atoms with Gasteiger partial charge in [-0.15, -0.1) is 0 Å². The molecule has 118 valence electrons. The number of hydrogen-bond acceptors (Lipinski definition) is 3. The average Bonchev–Trinajstić information content (AvgIpc) is 2.42. The first kappa shape index (κ1) is 17.3. The van der Waals surface area contributed by atoms with E-state index in [0.29, 0.717) is 11.9 Å². The first-order valence-electron chi connectivity index (χ1n) is 8.10. The van der Waals surface area contributed by atoms with Gasteiger partial charge < -0.3 is 16.3 Å². The fourth-order valence-electron chi connectivity index (χ4n) is 3.29. The van der Waals surface area contributed by atoms with Gasteiger partial charge in [0, 0.05) is 11.5 Å². The molecule has 0 saturated heterocycles. The molecule has 2 atom stereocenters. The zero-order valence-electron chi connectivity index (χ0n) is 13.7. The molecule has 1 saturated carbocycles. The van der Waals surface area contributed by atoms with Crippen LogP contribution in [0, 0.1) is 17.3 Å². The summed E-state index contributed by atoms with van der Waals surface area (Å²) in [7, 11) is 0. The minimum Gasteiger partial charge on any atom is -0.409 e. The number of rotatable bonds is 7. The molecule has 0 amide bonds. The number of hydrogen-bond donors (Lipinski definition) is 3. The quantitative estimate of drug-likeness (QED) is 0.221. The molecule has 4 N–H and O–H groups in total. The van der Waals surface area contributed by atoms with Gasteiger partial charge in [0.1, 0.15) is 5.84 Å². The molecule has 1 aliphatic carbocycles. The van der Waals surface area contributed by atoms with Gasteiger partial charge in [0.25, 0.3) is 0 Å². The molecule has 1 rings (SSSR count). The highest BCUT2D eigenvalue weighted by atomic mass is 16.4. The summed E-state index contributed by atoms with van der Waals surface area (Å²) in [5.41, 5.74) is 5.50. The number of oxime groups is 1. The number of nitrogens with one attached hydrogen (secondary N) is 1. The minimum atomic E-state index is -0.222. The summed E-state index contributed by atoms with van der Waals surface area (Å²) in [6.45, 7) is 9.76. The summed E-state index contributed by atoms with van der Waals surface area (Å²) in [5, 5.41) is 15.7. The van der Waals surface area contributed by atoms with E-state index in [4.69, 9.17) is 10.9 Å². The maximum absolute atomic E-state index is 8.77. The molecule has 1 fully saturated rings. The highest BCUT2D eigenvalue weighted by Gasteiger charge is 2.27. The fraction of sp³-hybridized carbons (Fsp3) is 0.938.